The molecular weight excluding hydrogens is 412 g/mol. The molecule has 166 valence electrons. The summed E-state index contributed by atoms with van der Waals surface area (Å²) in [6.07, 6.45) is -0.755. The number of H-pyrrole nitrogens is 1. The molecule has 0 spiro atoms. The largest absolute Gasteiger partial charge is 0.490 e. The van der Waals surface area contributed by atoms with Gasteiger partial charge in [-0.2, -0.15) is 0 Å². The molecule has 0 aliphatic heterocycles. The van der Waals surface area contributed by atoms with Crippen LogP contribution in [0.2, 0.25) is 0 Å². The molecule has 0 saturated carbocycles. The zero-order chi connectivity index (χ0) is 22.8. The van der Waals surface area contributed by atoms with Crippen molar-refractivity contribution < 1.29 is 9.84 Å². The number of fused-ring (bicyclic) bond motifs is 3. The summed E-state index contributed by atoms with van der Waals surface area (Å²) >= 11 is 0. The number of nitrogens with one attached hydrogen (secondary N) is 1. The number of nitrogens with zero attached hydrogens (tertiary/aromatic N) is 3. The van der Waals surface area contributed by atoms with Crippen LogP contribution in [0.4, 0.5) is 11.6 Å². The molecule has 0 saturated heterocycles. The van der Waals surface area contributed by atoms with Gasteiger partial charge in [0, 0.05) is 33.4 Å². The van der Waals surface area contributed by atoms with Gasteiger partial charge in [0.25, 0.3) is 0 Å². The van der Waals surface area contributed by atoms with Crippen LogP contribution >= 0.6 is 0 Å². The summed E-state index contributed by atoms with van der Waals surface area (Å²) in [6, 6.07) is 25.9. The van der Waals surface area contributed by atoms with Crippen molar-refractivity contribution in [3.05, 3.63) is 90.3 Å². The number of aryl methyl sites for hydroxylation is 2. The summed E-state index contributed by atoms with van der Waals surface area (Å²) < 4.78 is 6.13. The third-order valence-electron chi connectivity index (χ3n) is 5.60. The van der Waals surface area contributed by atoms with Gasteiger partial charge in [-0.15, -0.1) is 0 Å². The maximum absolute atomic E-state index is 10.9. The standard InChI is InChI=1S/C27H26N4O2/c1-18-15-19(2)29-27(28-18)31(20-9-4-3-5-10-20)16-21(32)17-33-25-14-8-13-24-26(25)22-11-6-7-12-23(22)30-24/h3-15,21,30,32H,16-17H2,1-2H3. The lowest BCUT2D eigenvalue weighted by molar-refractivity contribution is 0.115. The van der Waals surface area contributed by atoms with Crippen LogP contribution in [0.25, 0.3) is 21.8 Å². The average Bonchev–Trinajstić information content (AvgIpc) is 3.20. The third kappa shape index (κ3) is 4.38. The Morgan fingerprint density at radius 3 is 2.36 bits per heavy atom. The molecule has 6 heteroatoms. The zero-order valence-corrected chi connectivity index (χ0v) is 18.7. The Hall–Kier alpha value is -3.90. The Bertz CT molecular complexity index is 1380. The molecule has 2 N–H and O–H groups in total. The van der Waals surface area contributed by atoms with Crippen molar-refractivity contribution in [2.75, 3.05) is 18.1 Å². The van der Waals surface area contributed by atoms with Gasteiger partial charge in [0.2, 0.25) is 5.95 Å². The molecule has 0 aliphatic carbocycles. The van der Waals surface area contributed by atoms with E-state index >= 15 is 0 Å². The van der Waals surface area contributed by atoms with Crippen molar-refractivity contribution in [1.82, 2.24) is 15.0 Å². The second-order valence-corrected chi connectivity index (χ2v) is 8.21. The smallest absolute Gasteiger partial charge is 0.230 e. The normalized spacial score (nSPS) is 12.2. The summed E-state index contributed by atoms with van der Waals surface area (Å²) in [6.45, 7) is 4.34. The molecule has 0 bridgehead atoms. The van der Waals surface area contributed by atoms with E-state index < -0.39 is 6.10 Å². The second-order valence-electron chi connectivity index (χ2n) is 8.21. The quantitative estimate of drug-likeness (QED) is 0.360. The number of para-hydroxylation sites is 2. The Labute approximate surface area is 192 Å². The first-order valence-corrected chi connectivity index (χ1v) is 11.0. The van der Waals surface area contributed by atoms with Crippen molar-refractivity contribution in [1.29, 1.82) is 0 Å². The molecule has 0 fully saturated rings. The van der Waals surface area contributed by atoms with Gasteiger partial charge in [0.15, 0.2) is 0 Å². The SMILES string of the molecule is Cc1cc(C)nc(N(CC(O)COc2cccc3[nH]c4ccccc4c23)c2ccccc2)n1. The maximum Gasteiger partial charge on any atom is 0.230 e. The number of aliphatic hydroxyl groups is 1. The molecule has 1 atom stereocenters. The molecule has 0 amide bonds. The Kier molecular flexibility index (Phi) is 5.67. The topological polar surface area (TPSA) is 74.3 Å². The Morgan fingerprint density at radius 2 is 1.58 bits per heavy atom. The lowest BCUT2D eigenvalue weighted by Gasteiger charge is -2.26. The highest BCUT2D eigenvalue weighted by Gasteiger charge is 2.19. The Morgan fingerprint density at radius 1 is 0.879 bits per heavy atom. The number of aromatic nitrogens is 3. The number of anilines is 2. The van der Waals surface area contributed by atoms with E-state index in [9.17, 15) is 5.11 Å². The van der Waals surface area contributed by atoms with Crippen LogP contribution in [0.5, 0.6) is 5.75 Å². The minimum absolute atomic E-state index is 0.146. The number of hydrogen-bond acceptors (Lipinski definition) is 5. The fourth-order valence-electron chi connectivity index (χ4n) is 4.18. The predicted molar refractivity (Wildman–Crippen MR) is 132 cm³/mol. The highest BCUT2D eigenvalue weighted by Crippen LogP contribution is 2.33. The predicted octanol–water partition coefficient (Wildman–Crippen LogP) is 5.31. The van der Waals surface area contributed by atoms with Crippen LogP contribution in [-0.2, 0) is 0 Å². The van der Waals surface area contributed by atoms with Gasteiger partial charge in [-0.1, -0.05) is 42.5 Å². The van der Waals surface area contributed by atoms with Crippen LogP contribution in [0.15, 0.2) is 78.9 Å². The minimum Gasteiger partial charge on any atom is -0.490 e. The fraction of sp³-hybridized carbons (Fsp3) is 0.185. The van der Waals surface area contributed by atoms with E-state index in [1.165, 1.54) is 0 Å². The first-order valence-electron chi connectivity index (χ1n) is 11.0. The van der Waals surface area contributed by atoms with Gasteiger partial charge >= 0.3 is 0 Å². The molecule has 5 rings (SSSR count). The van der Waals surface area contributed by atoms with Crippen LogP contribution < -0.4 is 9.64 Å². The number of benzene rings is 3. The molecule has 2 heterocycles. The maximum atomic E-state index is 10.9. The monoisotopic (exact) mass is 438 g/mol. The summed E-state index contributed by atoms with van der Waals surface area (Å²) in [5.41, 5.74) is 4.76. The molecule has 3 aromatic carbocycles. The lowest BCUT2D eigenvalue weighted by Crippen LogP contribution is -2.34. The summed E-state index contributed by atoms with van der Waals surface area (Å²) in [4.78, 5) is 14.6. The molecule has 0 radical (unpaired) electrons. The molecule has 6 nitrogen and oxygen atoms in total. The average molecular weight is 439 g/mol. The fourth-order valence-corrected chi connectivity index (χ4v) is 4.18. The number of aromatic amines is 1. The summed E-state index contributed by atoms with van der Waals surface area (Å²) in [5.74, 6) is 1.31. The highest BCUT2D eigenvalue weighted by atomic mass is 16.5. The van der Waals surface area contributed by atoms with E-state index in [0.29, 0.717) is 12.5 Å². The van der Waals surface area contributed by atoms with Gasteiger partial charge in [0.1, 0.15) is 18.5 Å². The summed E-state index contributed by atoms with van der Waals surface area (Å²) in [7, 11) is 0. The van der Waals surface area contributed by atoms with Gasteiger partial charge in [-0.3, -0.25) is 0 Å². The van der Waals surface area contributed by atoms with E-state index in [1.807, 2.05) is 85.5 Å². The van der Waals surface area contributed by atoms with E-state index in [-0.39, 0.29) is 6.61 Å². The molecular formula is C27H26N4O2. The molecule has 5 aromatic rings. The van der Waals surface area contributed by atoms with Crippen LogP contribution in [-0.4, -0.2) is 39.3 Å². The first kappa shape index (κ1) is 21.0. The summed E-state index contributed by atoms with van der Waals surface area (Å²) in [5, 5.41) is 13.1. The van der Waals surface area contributed by atoms with Gasteiger partial charge in [-0.25, -0.2) is 9.97 Å². The molecule has 1 unspecified atom stereocenters. The Balaban J connectivity index is 1.39. The van der Waals surface area contributed by atoms with Crippen LogP contribution in [0, 0.1) is 13.8 Å². The van der Waals surface area contributed by atoms with Crippen molar-refractivity contribution in [3.8, 4) is 5.75 Å². The van der Waals surface area contributed by atoms with E-state index in [1.54, 1.807) is 0 Å². The number of ether oxygens (including phenoxy) is 1. The molecule has 2 aromatic heterocycles. The van der Waals surface area contributed by atoms with E-state index in [0.717, 1.165) is 44.6 Å². The number of rotatable bonds is 7. The van der Waals surface area contributed by atoms with Gasteiger partial charge < -0.3 is 19.7 Å². The molecule has 33 heavy (non-hydrogen) atoms. The van der Waals surface area contributed by atoms with Crippen LogP contribution in [0.3, 0.4) is 0 Å². The zero-order valence-electron chi connectivity index (χ0n) is 18.7. The van der Waals surface area contributed by atoms with Crippen molar-refractivity contribution in [2.45, 2.75) is 20.0 Å². The third-order valence-corrected chi connectivity index (χ3v) is 5.60. The minimum atomic E-state index is -0.755. The van der Waals surface area contributed by atoms with Crippen molar-refractivity contribution in [3.63, 3.8) is 0 Å². The van der Waals surface area contributed by atoms with Gasteiger partial charge in [0.05, 0.1) is 12.1 Å². The molecule has 0 aliphatic rings. The van der Waals surface area contributed by atoms with Crippen molar-refractivity contribution in [2.24, 2.45) is 0 Å². The highest BCUT2D eigenvalue weighted by molar-refractivity contribution is 6.10. The lowest BCUT2D eigenvalue weighted by atomic mass is 10.1. The number of hydrogen-bond donors (Lipinski definition) is 2. The van der Waals surface area contributed by atoms with Crippen LogP contribution in [0.1, 0.15) is 11.4 Å². The second kappa shape index (κ2) is 8.92. The van der Waals surface area contributed by atoms with Crippen molar-refractivity contribution >= 4 is 33.4 Å². The number of aliphatic hydroxyl groups excluding tert-OH is 1. The van der Waals surface area contributed by atoms with E-state index in [4.69, 9.17) is 4.74 Å². The van der Waals surface area contributed by atoms with E-state index in [2.05, 4.69) is 27.1 Å². The van der Waals surface area contributed by atoms with Gasteiger partial charge in [-0.05, 0) is 50.2 Å². The first-order chi connectivity index (χ1) is 16.1.